The number of carbonyl (C=O) groups is 2. The largest absolute Gasteiger partial charge is 0.465 e. The maximum Gasteiger partial charge on any atom is 0.340 e. The number of halogens is 4. The molecule has 0 bridgehead atoms. The van der Waals surface area contributed by atoms with Crippen LogP contribution in [0.2, 0.25) is 20.1 Å². The van der Waals surface area contributed by atoms with Gasteiger partial charge in [0.15, 0.2) is 0 Å². The molecule has 0 atom stereocenters. The molecule has 0 unspecified atom stereocenters. The van der Waals surface area contributed by atoms with Gasteiger partial charge >= 0.3 is 5.97 Å². The third kappa shape index (κ3) is 4.62. The van der Waals surface area contributed by atoms with Gasteiger partial charge in [0.05, 0.1) is 34.7 Å². The van der Waals surface area contributed by atoms with Gasteiger partial charge in [0.1, 0.15) is 0 Å². The van der Waals surface area contributed by atoms with Crippen LogP contribution in [0, 0.1) is 13.8 Å². The Hall–Kier alpha value is -2.70. The number of amides is 1. The zero-order valence-corrected chi connectivity index (χ0v) is 22.3. The molecule has 5 nitrogen and oxygen atoms in total. The average Bonchev–Trinajstić information content (AvgIpc) is 3.20. The molecule has 3 aromatic rings. The van der Waals surface area contributed by atoms with Crippen molar-refractivity contribution in [3.8, 4) is 5.69 Å². The van der Waals surface area contributed by atoms with E-state index in [2.05, 4.69) is 0 Å². The number of benzene rings is 2. The van der Waals surface area contributed by atoms with Gasteiger partial charge in [-0.15, -0.1) is 0 Å². The summed E-state index contributed by atoms with van der Waals surface area (Å²) in [5.74, 6) is -1.02. The van der Waals surface area contributed by atoms with Crippen molar-refractivity contribution in [1.29, 1.82) is 0 Å². The molecule has 0 fully saturated rings. The second-order valence-corrected chi connectivity index (χ2v) is 9.75. The first-order valence-electron chi connectivity index (χ1n) is 10.5. The van der Waals surface area contributed by atoms with E-state index in [0.717, 1.165) is 17.0 Å². The van der Waals surface area contributed by atoms with Crippen molar-refractivity contribution in [1.82, 2.24) is 4.57 Å². The fourth-order valence-corrected chi connectivity index (χ4v) is 5.16. The molecule has 2 aromatic carbocycles. The number of rotatable bonds is 4. The molecule has 0 spiro atoms. The van der Waals surface area contributed by atoms with Crippen molar-refractivity contribution in [3.05, 3.63) is 96.3 Å². The van der Waals surface area contributed by atoms with Crippen LogP contribution in [-0.2, 0) is 14.3 Å². The normalized spacial score (nSPS) is 14.9. The molecule has 35 heavy (non-hydrogen) atoms. The summed E-state index contributed by atoms with van der Waals surface area (Å²) in [7, 11) is 1.27. The third-order valence-corrected chi connectivity index (χ3v) is 6.81. The van der Waals surface area contributed by atoms with Crippen LogP contribution < -0.4 is 4.90 Å². The molecule has 0 radical (unpaired) electrons. The van der Waals surface area contributed by atoms with E-state index in [1.165, 1.54) is 12.0 Å². The summed E-state index contributed by atoms with van der Waals surface area (Å²) in [5, 5.41) is 1.81. The Morgan fingerprint density at radius 1 is 0.914 bits per heavy atom. The van der Waals surface area contributed by atoms with Crippen molar-refractivity contribution in [2.75, 3.05) is 12.0 Å². The van der Waals surface area contributed by atoms with Crippen LogP contribution in [-0.4, -0.2) is 23.6 Å². The second kappa shape index (κ2) is 9.75. The highest BCUT2D eigenvalue weighted by atomic mass is 35.5. The van der Waals surface area contributed by atoms with Crippen LogP contribution in [0.3, 0.4) is 0 Å². The predicted molar refractivity (Wildman–Crippen MR) is 142 cm³/mol. The highest BCUT2D eigenvalue weighted by molar-refractivity contribution is 6.36. The number of nitrogens with zero attached hydrogens (tertiary/aromatic N) is 2. The topological polar surface area (TPSA) is 51.5 Å². The zero-order chi connectivity index (χ0) is 25.6. The van der Waals surface area contributed by atoms with E-state index in [4.69, 9.17) is 51.1 Å². The number of aryl methyl sites for hydroxylation is 1. The van der Waals surface area contributed by atoms with Crippen molar-refractivity contribution in [3.63, 3.8) is 0 Å². The van der Waals surface area contributed by atoms with Crippen LogP contribution >= 0.6 is 46.4 Å². The lowest BCUT2D eigenvalue weighted by Crippen LogP contribution is -2.24. The molecule has 0 saturated heterocycles. The van der Waals surface area contributed by atoms with Gasteiger partial charge in [0, 0.05) is 32.2 Å². The number of carbonyl (C=O) groups excluding carboxylic acids is 2. The quantitative estimate of drug-likeness (QED) is 0.249. The fraction of sp³-hybridized carbons (Fsp3) is 0.154. The lowest BCUT2D eigenvalue weighted by atomic mass is 10.0. The van der Waals surface area contributed by atoms with Gasteiger partial charge < -0.3 is 9.30 Å². The molecular weight excluding hydrogens is 530 g/mol. The van der Waals surface area contributed by atoms with Gasteiger partial charge in [0.2, 0.25) is 0 Å². The van der Waals surface area contributed by atoms with E-state index in [9.17, 15) is 9.59 Å². The Kier molecular flexibility index (Phi) is 7.07. The van der Waals surface area contributed by atoms with E-state index >= 15 is 0 Å². The molecule has 180 valence electrons. The molecule has 1 aromatic heterocycles. The minimum Gasteiger partial charge on any atom is -0.465 e. The number of anilines is 1. The van der Waals surface area contributed by atoms with Crippen molar-refractivity contribution in [2.24, 2.45) is 0 Å². The molecule has 9 heteroatoms. The number of ether oxygens (including phenoxy) is 1. The Bertz CT molecular complexity index is 1430. The van der Waals surface area contributed by atoms with Crippen LogP contribution in [0.1, 0.15) is 23.9 Å². The molecule has 0 aliphatic carbocycles. The molecule has 1 aliphatic heterocycles. The number of hydrogen-bond acceptors (Lipinski definition) is 3. The SMILES string of the molecule is COC(=O)C1=C(C)N(c2cc(Cl)cc(Cl)c2)C(=O)/C1=C\c1cc(C)n(-c2cc(Cl)ccc2Cl)c1C. The van der Waals surface area contributed by atoms with Crippen LogP contribution in [0.4, 0.5) is 5.69 Å². The molecule has 4 rings (SSSR count). The smallest absolute Gasteiger partial charge is 0.340 e. The Balaban J connectivity index is 1.88. The van der Waals surface area contributed by atoms with E-state index in [-0.39, 0.29) is 11.1 Å². The monoisotopic (exact) mass is 548 g/mol. The average molecular weight is 550 g/mol. The molecule has 0 saturated carbocycles. The minimum atomic E-state index is -0.621. The zero-order valence-electron chi connectivity index (χ0n) is 19.2. The van der Waals surface area contributed by atoms with Crippen LogP contribution in [0.15, 0.2) is 59.3 Å². The van der Waals surface area contributed by atoms with Crippen molar-refractivity contribution < 1.29 is 14.3 Å². The van der Waals surface area contributed by atoms with Gasteiger partial charge in [-0.25, -0.2) is 4.79 Å². The summed E-state index contributed by atoms with van der Waals surface area (Å²) in [6.07, 6.45) is 1.68. The Morgan fingerprint density at radius 2 is 1.57 bits per heavy atom. The van der Waals surface area contributed by atoms with Crippen molar-refractivity contribution >= 4 is 70.0 Å². The number of aromatic nitrogens is 1. The van der Waals surface area contributed by atoms with E-state index < -0.39 is 11.9 Å². The van der Waals surface area contributed by atoms with Crippen LogP contribution in [0.25, 0.3) is 11.8 Å². The van der Waals surface area contributed by atoms with Gasteiger partial charge in [-0.2, -0.15) is 0 Å². The molecule has 1 aliphatic rings. The van der Waals surface area contributed by atoms with E-state index in [1.807, 2.05) is 24.5 Å². The Morgan fingerprint density at radius 3 is 2.20 bits per heavy atom. The summed E-state index contributed by atoms with van der Waals surface area (Å²) in [4.78, 5) is 27.8. The summed E-state index contributed by atoms with van der Waals surface area (Å²) >= 11 is 25.0. The summed E-state index contributed by atoms with van der Waals surface area (Å²) in [6.45, 7) is 5.50. The Labute approximate surface area is 223 Å². The van der Waals surface area contributed by atoms with E-state index in [0.29, 0.717) is 37.2 Å². The first-order chi connectivity index (χ1) is 16.5. The highest BCUT2D eigenvalue weighted by Gasteiger charge is 2.38. The summed E-state index contributed by atoms with van der Waals surface area (Å²) in [5.41, 5.74) is 4.38. The van der Waals surface area contributed by atoms with Gasteiger partial charge in [-0.3, -0.25) is 9.69 Å². The number of esters is 1. The summed E-state index contributed by atoms with van der Waals surface area (Å²) in [6, 6.07) is 11.9. The molecule has 0 N–H and O–H groups in total. The van der Waals surface area contributed by atoms with Gasteiger partial charge in [-0.1, -0.05) is 46.4 Å². The van der Waals surface area contributed by atoms with Gasteiger partial charge in [0.25, 0.3) is 5.91 Å². The van der Waals surface area contributed by atoms with E-state index in [1.54, 1.807) is 49.4 Å². The second-order valence-electron chi connectivity index (χ2n) is 8.04. The van der Waals surface area contributed by atoms with Crippen molar-refractivity contribution in [2.45, 2.75) is 20.8 Å². The van der Waals surface area contributed by atoms with Gasteiger partial charge in [-0.05, 0) is 74.9 Å². The maximum atomic E-state index is 13.6. The first kappa shape index (κ1) is 25.4. The highest BCUT2D eigenvalue weighted by Crippen LogP contribution is 2.38. The molecule has 1 amide bonds. The first-order valence-corrected chi connectivity index (χ1v) is 12.0. The lowest BCUT2D eigenvalue weighted by Gasteiger charge is -2.18. The third-order valence-electron chi connectivity index (χ3n) is 5.81. The molecule has 2 heterocycles. The molecular formula is C26H20Cl4N2O3. The minimum absolute atomic E-state index is 0.166. The number of hydrogen-bond donors (Lipinski definition) is 0. The standard InChI is InChI=1S/C26H20Cl4N2O3/c1-13-7-16(14(2)31(13)23-12-17(27)5-6-22(23)30)8-21-24(26(34)35-4)15(3)32(25(21)33)20-10-18(28)9-19(29)11-20/h5-12H,1-4H3/b21-8-. The summed E-state index contributed by atoms with van der Waals surface area (Å²) < 4.78 is 6.95. The number of allylic oxidation sites excluding steroid dienone is 1. The number of methoxy groups -OCH3 is 1. The van der Waals surface area contributed by atoms with Crippen LogP contribution in [0.5, 0.6) is 0 Å². The fourth-order valence-electron chi connectivity index (χ4n) is 4.28. The predicted octanol–water partition coefficient (Wildman–Crippen LogP) is 7.58. The maximum absolute atomic E-state index is 13.6. The lowest BCUT2D eigenvalue weighted by molar-refractivity contribution is -0.136.